The van der Waals surface area contributed by atoms with Crippen molar-refractivity contribution in [3.05, 3.63) is 28.8 Å². The Morgan fingerprint density at radius 2 is 1.89 bits per heavy atom. The molecule has 0 atom stereocenters. The van der Waals surface area contributed by atoms with E-state index < -0.39 is 24.4 Å². The third-order valence-corrected chi connectivity index (χ3v) is 2.43. The average molecular weight is 264 g/mol. The molecular formula is C12H12F4O2. The van der Waals surface area contributed by atoms with Gasteiger partial charge in [-0.15, -0.1) is 0 Å². The molecular weight excluding hydrogens is 252 g/mol. The van der Waals surface area contributed by atoms with Gasteiger partial charge in [0.25, 0.3) is 6.43 Å². The highest BCUT2D eigenvalue weighted by atomic mass is 19.3. The van der Waals surface area contributed by atoms with Gasteiger partial charge < -0.3 is 4.74 Å². The molecule has 0 radical (unpaired) electrons. The first kappa shape index (κ1) is 14.5. The van der Waals surface area contributed by atoms with Gasteiger partial charge in [-0.05, 0) is 25.5 Å². The van der Waals surface area contributed by atoms with E-state index in [1.807, 2.05) is 0 Å². The summed E-state index contributed by atoms with van der Waals surface area (Å²) in [6.45, 7) is -0.305. The molecule has 1 aromatic rings. The van der Waals surface area contributed by atoms with Gasteiger partial charge in [-0.3, -0.25) is 4.79 Å². The maximum atomic E-state index is 12.6. The zero-order valence-corrected chi connectivity index (χ0v) is 9.84. The predicted octanol–water partition coefficient (Wildman–Crippen LogP) is 3.99. The van der Waals surface area contributed by atoms with E-state index in [9.17, 15) is 22.4 Å². The summed E-state index contributed by atoms with van der Waals surface area (Å²) >= 11 is 0. The zero-order chi connectivity index (χ0) is 13.9. The van der Waals surface area contributed by atoms with Crippen LogP contribution in [0.15, 0.2) is 12.1 Å². The molecule has 0 heterocycles. The Labute approximate surface area is 102 Å². The molecule has 6 heteroatoms. The van der Waals surface area contributed by atoms with Crippen molar-refractivity contribution in [2.45, 2.75) is 33.3 Å². The SMILES string of the molecule is CCc1c(OC(F)F)cc(C(F)F)cc1C(C)=O. The average Bonchev–Trinajstić information content (AvgIpc) is 2.26. The van der Waals surface area contributed by atoms with Crippen LogP contribution in [0, 0.1) is 0 Å². The molecule has 0 bridgehead atoms. The quantitative estimate of drug-likeness (QED) is 0.593. The molecule has 1 aromatic carbocycles. The van der Waals surface area contributed by atoms with Crippen molar-refractivity contribution in [1.29, 1.82) is 0 Å². The lowest BCUT2D eigenvalue weighted by Gasteiger charge is -2.14. The largest absolute Gasteiger partial charge is 0.435 e. The molecule has 18 heavy (non-hydrogen) atoms. The lowest BCUT2D eigenvalue weighted by Crippen LogP contribution is -2.09. The summed E-state index contributed by atoms with van der Waals surface area (Å²) in [7, 11) is 0. The first-order valence-corrected chi connectivity index (χ1v) is 5.27. The summed E-state index contributed by atoms with van der Waals surface area (Å²) in [6.07, 6.45) is -2.62. The standard InChI is InChI=1S/C12H12F4O2/c1-3-8-9(6(2)17)4-7(11(13)14)5-10(8)18-12(15)16/h4-5,11-12H,3H2,1-2H3. The molecule has 100 valence electrons. The van der Waals surface area contributed by atoms with Crippen molar-refractivity contribution in [3.63, 3.8) is 0 Å². The van der Waals surface area contributed by atoms with E-state index in [4.69, 9.17) is 0 Å². The van der Waals surface area contributed by atoms with Gasteiger partial charge in [-0.1, -0.05) is 6.92 Å². The van der Waals surface area contributed by atoms with E-state index in [-0.39, 0.29) is 23.3 Å². The number of rotatable bonds is 5. The number of hydrogen-bond donors (Lipinski definition) is 0. The number of Topliss-reactive ketones (excluding diaryl/α,β-unsaturated/α-hetero) is 1. The predicted molar refractivity (Wildman–Crippen MR) is 57.4 cm³/mol. The van der Waals surface area contributed by atoms with E-state index >= 15 is 0 Å². The van der Waals surface area contributed by atoms with Gasteiger partial charge in [-0.25, -0.2) is 8.78 Å². The number of benzene rings is 1. The second-order valence-electron chi connectivity index (χ2n) is 3.63. The van der Waals surface area contributed by atoms with Gasteiger partial charge in [0, 0.05) is 16.7 Å². The molecule has 0 fully saturated rings. The molecule has 0 aliphatic heterocycles. The highest BCUT2D eigenvalue weighted by Gasteiger charge is 2.19. The van der Waals surface area contributed by atoms with Crippen molar-refractivity contribution in [1.82, 2.24) is 0 Å². The van der Waals surface area contributed by atoms with Crippen LogP contribution in [0.3, 0.4) is 0 Å². The Hall–Kier alpha value is -1.59. The monoisotopic (exact) mass is 264 g/mol. The number of alkyl halides is 4. The van der Waals surface area contributed by atoms with E-state index in [0.717, 1.165) is 12.1 Å². The molecule has 2 nitrogen and oxygen atoms in total. The van der Waals surface area contributed by atoms with Gasteiger partial charge in [0.05, 0.1) is 0 Å². The van der Waals surface area contributed by atoms with Crippen LogP contribution in [-0.2, 0) is 6.42 Å². The van der Waals surface area contributed by atoms with Crippen molar-refractivity contribution in [3.8, 4) is 5.75 Å². The molecule has 1 rings (SSSR count). The first-order chi connectivity index (χ1) is 8.36. The molecule has 0 amide bonds. The molecule has 0 N–H and O–H groups in total. The van der Waals surface area contributed by atoms with Gasteiger partial charge >= 0.3 is 6.61 Å². The summed E-state index contributed by atoms with van der Waals surface area (Å²) in [5.74, 6) is -0.830. The number of carbonyl (C=O) groups excluding carboxylic acids is 1. The fourth-order valence-electron chi connectivity index (χ4n) is 1.67. The summed E-state index contributed by atoms with van der Waals surface area (Å²) < 4.78 is 53.8. The van der Waals surface area contributed by atoms with Crippen molar-refractivity contribution < 1.29 is 27.1 Å². The maximum Gasteiger partial charge on any atom is 0.387 e. The molecule has 0 saturated carbocycles. The smallest absolute Gasteiger partial charge is 0.387 e. The zero-order valence-electron chi connectivity index (χ0n) is 9.84. The molecule has 0 aliphatic rings. The van der Waals surface area contributed by atoms with E-state index in [1.165, 1.54) is 6.92 Å². The van der Waals surface area contributed by atoms with Crippen molar-refractivity contribution in [2.24, 2.45) is 0 Å². The highest BCUT2D eigenvalue weighted by Crippen LogP contribution is 2.31. The molecule has 0 aromatic heterocycles. The maximum absolute atomic E-state index is 12.6. The van der Waals surface area contributed by atoms with Gasteiger partial charge in [-0.2, -0.15) is 8.78 Å². The normalized spacial score (nSPS) is 11.1. The Kier molecular flexibility index (Phi) is 4.69. The molecule has 0 aliphatic carbocycles. The highest BCUT2D eigenvalue weighted by molar-refractivity contribution is 5.96. The Morgan fingerprint density at radius 1 is 1.28 bits per heavy atom. The summed E-state index contributed by atoms with van der Waals surface area (Å²) in [5.41, 5.74) is -0.300. The van der Waals surface area contributed by atoms with E-state index in [0.29, 0.717) is 0 Å². The topological polar surface area (TPSA) is 26.3 Å². The molecule has 0 spiro atoms. The van der Waals surface area contributed by atoms with E-state index in [1.54, 1.807) is 6.92 Å². The number of ketones is 1. The van der Waals surface area contributed by atoms with Crippen LogP contribution in [0.1, 0.15) is 41.8 Å². The van der Waals surface area contributed by atoms with Crippen LogP contribution in [-0.4, -0.2) is 12.4 Å². The summed E-state index contributed by atoms with van der Waals surface area (Å²) in [4.78, 5) is 11.3. The van der Waals surface area contributed by atoms with Crippen molar-refractivity contribution >= 4 is 5.78 Å². The summed E-state index contributed by atoms with van der Waals surface area (Å²) in [6, 6.07) is 1.87. The van der Waals surface area contributed by atoms with Crippen LogP contribution in [0.2, 0.25) is 0 Å². The van der Waals surface area contributed by atoms with Crippen LogP contribution in [0.25, 0.3) is 0 Å². The van der Waals surface area contributed by atoms with Gasteiger partial charge in [0.2, 0.25) is 0 Å². The van der Waals surface area contributed by atoms with Crippen LogP contribution < -0.4 is 4.74 Å². The van der Waals surface area contributed by atoms with Gasteiger partial charge in [0.1, 0.15) is 5.75 Å². The minimum Gasteiger partial charge on any atom is -0.435 e. The van der Waals surface area contributed by atoms with Gasteiger partial charge in [0.15, 0.2) is 5.78 Å². The fraction of sp³-hybridized carbons (Fsp3) is 0.417. The number of halogens is 4. The lowest BCUT2D eigenvalue weighted by molar-refractivity contribution is -0.0506. The van der Waals surface area contributed by atoms with Crippen LogP contribution in [0.4, 0.5) is 17.6 Å². The summed E-state index contributed by atoms with van der Waals surface area (Å²) in [5, 5.41) is 0. The Bertz CT molecular complexity index is 444. The number of hydrogen-bond acceptors (Lipinski definition) is 2. The fourth-order valence-corrected chi connectivity index (χ4v) is 1.67. The second-order valence-corrected chi connectivity index (χ2v) is 3.63. The van der Waals surface area contributed by atoms with Crippen LogP contribution >= 0.6 is 0 Å². The lowest BCUT2D eigenvalue weighted by atomic mass is 9.98. The Balaban J connectivity index is 3.40. The van der Waals surface area contributed by atoms with Crippen molar-refractivity contribution in [2.75, 3.05) is 0 Å². The number of carbonyl (C=O) groups is 1. The Morgan fingerprint density at radius 3 is 2.28 bits per heavy atom. The minimum atomic E-state index is -3.12. The number of ether oxygens (including phenoxy) is 1. The molecule has 0 unspecified atom stereocenters. The third kappa shape index (κ3) is 3.21. The molecule has 0 saturated heterocycles. The third-order valence-electron chi connectivity index (χ3n) is 2.43. The minimum absolute atomic E-state index is 0.00838. The first-order valence-electron chi connectivity index (χ1n) is 5.27. The second kappa shape index (κ2) is 5.84. The van der Waals surface area contributed by atoms with Crippen LogP contribution in [0.5, 0.6) is 5.75 Å². The van der Waals surface area contributed by atoms with E-state index in [2.05, 4.69) is 4.74 Å².